The van der Waals surface area contributed by atoms with Gasteiger partial charge >= 0.3 is 6.04 Å². The summed E-state index contributed by atoms with van der Waals surface area (Å²) in [5.74, 6) is 2.05. The fourth-order valence-electron chi connectivity index (χ4n) is 3.59. The van der Waals surface area contributed by atoms with E-state index in [-0.39, 0.29) is 17.2 Å². The van der Waals surface area contributed by atoms with Crippen LogP contribution in [0.4, 0.5) is 15.9 Å². The Bertz CT molecular complexity index is 1310. The lowest BCUT2D eigenvalue weighted by atomic mass is 10.1. The number of fused-ring (bicyclic) bond motifs is 8. The molecule has 0 spiro atoms. The van der Waals surface area contributed by atoms with Gasteiger partial charge in [0.05, 0.1) is 23.9 Å². The summed E-state index contributed by atoms with van der Waals surface area (Å²) in [6.45, 7) is 0. The number of anilines is 2. The van der Waals surface area contributed by atoms with Crippen LogP contribution in [-0.2, 0) is 6.04 Å². The van der Waals surface area contributed by atoms with Gasteiger partial charge in [0.1, 0.15) is 11.6 Å². The molecule has 8 heteroatoms. The number of benzene rings is 2. The number of rotatable bonds is 1. The molecule has 2 aliphatic heterocycles. The van der Waals surface area contributed by atoms with Gasteiger partial charge in [-0.3, -0.25) is 0 Å². The first-order valence-corrected chi connectivity index (χ1v) is 8.93. The Kier molecular flexibility index (Phi) is 3.07. The zero-order valence-electron chi connectivity index (χ0n) is 15.1. The van der Waals surface area contributed by atoms with Crippen molar-refractivity contribution in [3.8, 4) is 28.6 Å². The number of pyridine rings is 1. The largest absolute Gasteiger partial charge is 0.497 e. The fraction of sp³-hybridized carbons (Fsp3) is 0.0952. The van der Waals surface area contributed by atoms with Gasteiger partial charge in [-0.15, -0.1) is 0 Å². The van der Waals surface area contributed by atoms with Gasteiger partial charge in [0, 0.05) is 11.6 Å². The Labute approximate surface area is 164 Å². The summed E-state index contributed by atoms with van der Waals surface area (Å²) < 4.78 is 32.3. The molecule has 2 aliphatic rings. The van der Waals surface area contributed by atoms with E-state index in [2.05, 4.69) is 20.3 Å². The molecule has 4 aromatic rings. The van der Waals surface area contributed by atoms with Crippen molar-refractivity contribution in [2.45, 2.75) is 6.04 Å². The lowest BCUT2D eigenvalue weighted by Gasteiger charge is -2.21. The molecule has 29 heavy (non-hydrogen) atoms. The smallest absolute Gasteiger partial charge is 0.456 e. The molecular formula is C21H13FN4O3. The fourth-order valence-corrected chi connectivity index (χ4v) is 3.59. The van der Waals surface area contributed by atoms with Crippen molar-refractivity contribution in [1.29, 1.82) is 0 Å². The minimum absolute atomic E-state index is 0.0390. The van der Waals surface area contributed by atoms with E-state index in [1.807, 2.05) is 18.2 Å². The molecular weight excluding hydrogens is 375 g/mol. The number of nitrogens with zero attached hydrogens (tertiary/aromatic N) is 3. The third-order valence-electron chi connectivity index (χ3n) is 4.94. The van der Waals surface area contributed by atoms with Crippen LogP contribution in [0.25, 0.3) is 22.3 Å². The van der Waals surface area contributed by atoms with Crippen molar-refractivity contribution < 1.29 is 18.6 Å². The molecule has 4 heterocycles. The average Bonchev–Trinajstić information content (AvgIpc) is 3.11. The predicted molar refractivity (Wildman–Crippen MR) is 103 cm³/mol. The van der Waals surface area contributed by atoms with Crippen LogP contribution in [0.5, 0.6) is 17.2 Å². The molecule has 2 aromatic carbocycles. The van der Waals surface area contributed by atoms with Crippen LogP contribution in [0.3, 0.4) is 0 Å². The van der Waals surface area contributed by atoms with Gasteiger partial charge in [-0.25, -0.2) is 15.0 Å². The van der Waals surface area contributed by atoms with Crippen molar-refractivity contribution in [2.24, 2.45) is 0 Å². The SMILES string of the molecule is COc1ccc2nc3nc(c2c1)Nc1cccc2c1OC(F)(O2)c1ncccc1-3. The third kappa shape index (κ3) is 2.25. The molecule has 1 unspecified atom stereocenters. The molecule has 0 fully saturated rings. The molecule has 7 nitrogen and oxygen atoms in total. The minimum Gasteiger partial charge on any atom is -0.497 e. The minimum atomic E-state index is -2.58. The first kappa shape index (κ1) is 16.1. The summed E-state index contributed by atoms with van der Waals surface area (Å²) in [6, 6.07) is 11.5. The maximum absolute atomic E-state index is 15.8. The summed E-state index contributed by atoms with van der Waals surface area (Å²) in [6.07, 6.45) is 1.48. The number of hydrogen-bond donors (Lipinski definition) is 1. The first-order valence-electron chi connectivity index (χ1n) is 8.93. The van der Waals surface area contributed by atoms with E-state index in [4.69, 9.17) is 14.2 Å². The maximum atomic E-state index is 15.8. The Morgan fingerprint density at radius 1 is 1.07 bits per heavy atom. The number of para-hydroxylation sites is 1. The molecule has 1 atom stereocenters. The highest BCUT2D eigenvalue weighted by Crippen LogP contribution is 2.51. The number of alkyl halides is 1. The molecule has 0 saturated heterocycles. The quantitative estimate of drug-likeness (QED) is 0.521. The molecule has 0 saturated carbocycles. The molecule has 0 amide bonds. The van der Waals surface area contributed by atoms with Gasteiger partial charge < -0.3 is 19.5 Å². The Morgan fingerprint density at radius 2 is 2.00 bits per heavy atom. The summed E-state index contributed by atoms with van der Waals surface area (Å²) >= 11 is 0. The van der Waals surface area contributed by atoms with Crippen LogP contribution in [0.2, 0.25) is 0 Å². The van der Waals surface area contributed by atoms with Crippen molar-refractivity contribution >= 4 is 22.4 Å². The number of aromatic nitrogens is 3. The van der Waals surface area contributed by atoms with E-state index < -0.39 is 6.04 Å². The molecule has 1 N–H and O–H groups in total. The van der Waals surface area contributed by atoms with Crippen molar-refractivity contribution in [3.05, 3.63) is 60.4 Å². The van der Waals surface area contributed by atoms with Gasteiger partial charge in [-0.2, -0.15) is 4.39 Å². The van der Waals surface area contributed by atoms with Gasteiger partial charge in [0.2, 0.25) is 0 Å². The first-order chi connectivity index (χ1) is 14.1. The average molecular weight is 388 g/mol. The van der Waals surface area contributed by atoms with E-state index in [9.17, 15) is 0 Å². The van der Waals surface area contributed by atoms with Crippen molar-refractivity contribution in [3.63, 3.8) is 0 Å². The van der Waals surface area contributed by atoms with Gasteiger partial charge in [-0.1, -0.05) is 6.07 Å². The highest BCUT2D eigenvalue weighted by molar-refractivity contribution is 5.94. The number of ether oxygens (including phenoxy) is 3. The molecule has 4 bridgehead atoms. The molecule has 142 valence electrons. The zero-order chi connectivity index (χ0) is 19.6. The highest BCUT2D eigenvalue weighted by atomic mass is 19.2. The van der Waals surface area contributed by atoms with Crippen LogP contribution in [-0.4, -0.2) is 22.1 Å². The van der Waals surface area contributed by atoms with Crippen molar-refractivity contribution in [1.82, 2.24) is 15.0 Å². The summed E-state index contributed by atoms with van der Waals surface area (Å²) in [5.41, 5.74) is 1.54. The number of halogens is 1. The molecule has 2 aromatic heterocycles. The van der Waals surface area contributed by atoms with Gasteiger partial charge in [0.15, 0.2) is 23.0 Å². The van der Waals surface area contributed by atoms with E-state index in [0.717, 1.165) is 5.39 Å². The van der Waals surface area contributed by atoms with E-state index >= 15 is 4.39 Å². The predicted octanol–water partition coefficient (Wildman–Crippen LogP) is 4.31. The van der Waals surface area contributed by atoms with Gasteiger partial charge in [0.25, 0.3) is 0 Å². The summed E-state index contributed by atoms with van der Waals surface area (Å²) in [7, 11) is 1.60. The molecule has 0 aliphatic carbocycles. The second kappa shape index (κ2) is 5.54. The Morgan fingerprint density at radius 3 is 2.90 bits per heavy atom. The van der Waals surface area contributed by atoms with E-state index in [1.165, 1.54) is 6.20 Å². The van der Waals surface area contributed by atoms with Crippen LogP contribution >= 0.6 is 0 Å². The molecule has 0 radical (unpaired) electrons. The third-order valence-corrected chi connectivity index (χ3v) is 4.94. The lowest BCUT2D eigenvalue weighted by molar-refractivity contribution is -0.202. The topological polar surface area (TPSA) is 78.4 Å². The second-order valence-corrected chi connectivity index (χ2v) is 6.68. The second-order valence-electron chi connectivity index (χ2n) is 6.68. The Hall–Kier alpha value is -3.94. The Balaban J connectivity index is 1.72. The van der Waals surface area contributed by atoms with Gasteiger partial charge in [-0.05, 0) is 42.5 Å². The maximum Gasteiger partial charge on any atom is 0.456 e. The summed E-state index contributed by atoms with van der Waals surface area (Å²) in [4.78, 5) is 13.5. The van der Waals surface area contributed by atoms with E-state index in [0.29, 0.717) is 34.2 Å². The van der Waals surface area contributed by atoms with Crippen LogP contribution in [0.1, 0.15) is 5.69 Å². The zero-order valence-corrected chi connectivity index (χ0v) is 15.1. The monoisotopic (exact) mass is 388 g/mol. The summed E-state index contributed by atoms with van der Waals surface area (Å²) in [5, 5.41) is 4.00. The highest BCUT2D eigenvalue weighted by Gasteiger charge is 2.49. The lowest BCUT2D eigenvalue weighted by Crippen LogP contribution is -2.32. The van der Waals surface area contributed by atoms with Crippen LogP contribution in [0, 0.1) is 0 Å². The van der Waals surface area contributed by atoms with Crippen molar-refractivity contribution in [2.75, 3.05) is 12.4 Å². The van der Waals surface area contributed by atoms with Crippen LogP contribution in [0.15, 0.2) is 54.7 Å². The number of nitrogens with one attached hydrogen (secondary N) is 1. The van der Waals surface area contributed by atoms with Crippen LogP contribution < -0.4 is 19.5 Å². The standard InChI is InChI=1S/C21H13FN4O3/c1-27-11-7-8-14-13(10-11)20-25-15-5-2-6-16-17(15)29-21(22,28-16)18-12(4-3-9-23-18)19(24-14)26-20/h2-10H,1H3,(H,24,25,26). The number of methoxy groups -OCH3 is 1. The molecule has 6 rings (SSSR count). The van der Waals surface area contributed by atoms with E-state index in [1.54, 1.807) is 37.4 Å². The normalized spacial score (nSPS) is 18.3. The number of hydrogen-bond acceptors (Lipinski definition) is 7.